The molecular formula is C18H23N3O4. The fraction of sp³-hybridized carbons (Fsp3) is 0.500. The van der Waals surface area contributed by atoms with Crippen LogP contribution in [0.15, 0.2) is 28.9 Å². The maximum absolute atomic E-state index is 12.7. The van der Waals surface area contributed by atoms with Gasteiger partial charge in [0.25, 0.3) is 5.91 Å². The fourth-order valence-corrected chi connectivity index (χ4v) is 2.95. The molecule has 1 aliphatic rings. The van der Waals surface area contributed by atoms with Crippen molar-refractivity contribution in [1.29, 1.82) is 0 Å². The number of amides is 1. The van der Waals surface area contributed by atoms with E-state index in [1.165, 1.54) is 6.26 Å². The van der Waals surface area contributed by atoms with Gasteiger partial charge in [-0.3, -0.25) is 14.3 Å². The zero-order valence-corrected chi connectivity index (χ0v) is 14.8. The zero-order valence-electron chi connectivity index (χ0n) is 14.8. The lowest BCUT2D eigenvalue weighted by Crippen LogP contribution is -2.33. The SMILES string of the molecule is CCOC(=O)[C@H]1C[C@@H]1CN(Cc1cc(C)n(C)n1)C(=O)c1ccco1. The Hall–Kier alpha value is -2.57. The summed E-state index contributed by atoms with van der Waals surface area (Å²) in [6.45, 7) is 5.01. The number of esters is 1. The summed E-state index contributed by atoms with van der Waals surface area (Å²) in [5, 5.41) is 4.43. The van der Waals surface area contributed by atoms with E-state index in [1.54, 1.807) is 28.6 Å². The van der Waals surface area contributed by atoms with Crippen molar-refractivity contribution in [2.75, 3.05) is 13.2 Å². The summed E-state index contributed by atoms with van der Waals surface area (Å²) in [6.07, 6.45) is 2.23. The number of hydrogen-bond acceptors (Lipinski definition) is 5. The Morgan fingerprint density at radius 3 is 2.88 bits per heavy atom. The minimum absolute atomic E-state index is 0.114. The summed E-state index contributed by atoms with van der Waals surface area (Å²) in [7, 11) is 1.87. The van der Waals surface area contributed by atoms with Crippen molar-refractivity contribution in [2.24, 2.45) is 18.9 Å². The van der Waals surface area contributed by atoms with E-state index in [9.17, 15) is 9.59 Å². The van der Waals surface area contributed by atoms with Crippen molar-refractivity contribution in [2.45, 2.75) is 26.8 Å². The van der Waals surface area contributed by atoms with Crippen molar-refractivity contribution in [3.8, 4) is 0 Å². The van der Waals surface area contributed by atoms with Gasteiger partial charge >= 0.3 is 5.97 Å². The number of hydrogen-bond donors (Lipinski definition) is 0. The average molecular weight is 345 g/mol. The van der Waals surface area contributed by atoms with E-state index in [0.29, 0.717) is 25.5 Å². The molecule has 3 rings (SSSR count). The Kier molecular flexibility index (Phi) is 4.92. The van der Waals surface area contributed by atoms with E-state index in [4.69, 9.17) is 9.15 Å². The maximum Gasteiger partial charge on any atom is 0.309 e. The molecule has 7 heteroatoms. The monoisotopic (exact) mass is 345 g/mol. The average Bonchev–Trinajstić information content (AvgIpc) is 2.99. The zero-order chi connectivity index (χ0) is 18.0. The van der Waals surface area contributed by atoms with Crippen molar-refractivity contribution < 1.29 is 18.7 Å². The summed E-state index contributed by atoms with van der Waals surface area (Å²) < 4.78 is 12.1. The number of ether oxygens (including phenoxy) is 1. The normalized spacial score (nSPS) is 18.8. The third-order valence-corrected chi connectivity index (χ3v) is 4.50. The van der Waals surface area contributed by atoms with E-state index in [1.807, 2.05) is 20.0 Å². The molecule has 0 spiro atoms. The lowest BCUT2D eigenvalue weighted by Gasteiger charge is -2.20. The molecule has 0 bridgehead atoms. The van der Waals surface area contributed by atoms with Crippen LogP contribution in [0.4, 0.5) is 0 Å². The number of nitrogens with zero attached hydrogens (tertiary/aromatic N) is 3. The fourth-order valence-electron chi connectivity index (χ4n) is 2.95. The Balaban J connectivity index is 1.71. The lowest BCUT2D eigenvalue weighted by molar-refractivity contribution is -0.145. The predicted octanol–water partition coefficient (Wildman–Crippen LogP) is 2.16. The third kappa shape index (κ3) is 3.92. The van der Waals surface area contributed by atoms with Crippen LogP contribution in [0.1, 0.15) is 35.3 Å². The molecule has 0 aromatic carbocycles. The first-order valence-corrected chi connectivity index (χ1v) is 8.48. The van der Waals surface area contributed by atoms with Gasteiger partial charge in [0, 0.05) is 19.3 Å². The van der Waals surface area contributed by atoms with Gasteiger partial charge in [-0.1, -0.05) is 0 Å². The van der Waals surface area contributed by atoms with E-state index in [2.05, 4.69) is 5.10 Å². The van der Waals surface area contributed by atoms with Crippen LogP contribution in [0, 0.1) is 18.8 Å². The molecule has 1 amide bonds. The second kappa shape index (κ2) is 7.13. The quantitative estimate of drug-likeness (QED) is 0.719. The molecule has 2 aromatic heterocycles. The number of furan rings is 1. The van der Waals surface area contributed by atoms with Crippen molar-refractivity contribution in [3.05, 3.63) is 41.6 Å². The van der Waals surface area contributed by atoms with Crippen molar-refractivity contribution in [1.82, 2.24) is 14.7 Å². The summed E-state index contributed by atoms with van der Waals surface area (Å²) in [5.41, 5.74) is 1.84. The molecule has 7 nitrogen and oxygen atoms in total. The largest absolute Gasteiger partial charge is 0.466 e. The molecule has 0 N–H and O–H groups in total. The minimum atomic E-state index is -0.192. The standard InChI is InChI=1S/C18H23N3O4/c1-4-24-18(23)15-9-13(15)10-21(17(22)16-6-5-7-25-16)11-14-8-12(2)20(3)19-14/h5-8,13,15H,4,9-11H2,1-3H3/t13-,15+/m1/s1. The highest BCUT2D eigenvalue weighted by molar-refractivity contribution is 5.91. The second-order valence-electron chi connectivity index (χ2n) is 6.42. The molecule has 0 saturated heterocycles. The molecular weight excluding hydrogens is 322 g/mol. The second-order valence-corrected chi connectivity index (χ2v) is 6.42. The number of carbonyl (C=O) groups is 2. The van der Waals surface area contributed by atoms with Gasteiger partial charge in [-0.25, -0.2) is 0 Å². The van der Waals surface area contributed by atoms with Crippen LogP contribution in [0.2, 0.25) is 0 Å². The van der Waals surface area contributed by atoms with Crippen LogP contribution in [0.25, 0.3) is 0 Å². The van der Waals surface area contributed by atoms with Gasteiger partial charge in [-0.15, -0.1) is 0 Å². The summed E-state index contributed by atoms with van der Waals surface area (Å²) in [4.78, 5) is 26.3. The van der Waals surface area contributed by atoms with E-state index in [-0.39, 0.29) is 23.7 Å². The Morgan fingerprint density at radius 2 is 2.28 bits per heavy atom. The van der Waals surface area contributed by atoms with Gasteiger partial charge < -0.3 is 14.1 Å². The molecule has 1 saturated carbocycles. The molecule has 2 aromatic rings. The van der Waals surface area contributed by atoms with Crippen LogP contribution in [-0.4, -0.2) is 39.7 Å². The minimum Gasteiger partial charge on any atom is -0.466 e. The highest BCUT2D eigenvalue weighted by Crippen LogP contribution is 2.40. The molecule has 2 atom stereocenters. The molecule has 0 unspecified atom stereocenters. The van der Waals surface area contributed by atoms with Crippen molar-refractivity contribution in [3.63, 3.8) is 0 Å². The maximum atomic E-state index is 12.7. The van der Waals surface area contributed by atoms with Crippen LogP contribution >= 0.6 is 0 Å². The van der Waals surface area contributed by atoms with E-state index < -0.39 is 0 Å². The molecule has 1 aliphatic carbocycles. The van der Waals surface area contributed by atoms with E-state index >= 15 is 0 Å². The smallest absolute Gasteiger partial charge is 0.309 e. The molecule has 0 aliphatic heterocycles. The highest BCUT2D eigenvalue weighted by Gasteiger charge is 2.45. The molecule has 0 radical (unpaired) electrons. The van der Waals surface area contributed by atoms with Crippen LogP contribution in [0.5, 0.6) is 0 Å². The van der Waals surface area contributed by atoms with Crippen LogP contribution < -0.4 is 0 Å². The Morgan fingerprint density at radius 1 is 1.48 bits per heavy atom. The summed E-state index contributed by atoms with van der Waals surface area (Å²) in [6, 6.07) is 5.29. The molecule has 1 fully saturated rings. The number of carbonyl (C=O) groups excluding carboxylic acids is 2. The number of rotatable bonds is 7. The molecule has 25 heavy (non-hydrogen) atoms. The highest BCUT2D eigenvalue weighted by atomic mass is 16.5. The molecule has 134 valence electrons. The number of aromatic nitrogens is 2. The van der Waals surface area contributed by atoms with Gasteiger partial charge in [0.1, 0.15) is 0 Å². The topological polar surface area (TPSA) is 77.6 Å². The van der Waals surface area contributed by atoms with Crippen molar-refractivity contribution >= 4 is 11.9 Å². The Labute approximate surface area is 146 Å². The third-order valence-electron chi connectivity index (χ3n) is 4.50. The van der Waals surface area contributed by atoms with Gasteiger partial charge in [0.2, 0.25) is 0 Å². The van der Waals surface area contributed by atoms with E-state index in [0.717, 1.165) is 17.8 Å². The van der Waals surface area contributed by atoms with Gasteiger partial charge in [0.15, 0.2) is 5.76 Å². The first-order valence-electron chi connectivity index (χ1n) is 8.48. The predicted molar refractivity (Wildman–Crippen MR) is 89.6 cm³/mol. The van der Waals surface area contributed by atoms with Crippen LogP contribution in [-0.2, 0) is 23.1 Å². The summed E-state index contributed by atoms with van der Waals surface area (Å²) >= 11 is 0. The molecule has 2 heterocycles. The van der Waals surface area contributed by atoms with Gasteiger partial charge in [0.05, 0.1) is 31.0 Å². The first kappa shape index (κ1) is 17.3. The first-order chi connectivity index (χ1) is 12.0. The van der Waals surface area contributed by atoms with Gasteiger partial charge in [-0.2, -0.15) is 5.10 Å². The lowest BCUT2D eigenvalue weighted by atomic mass is 10.2. The number of aryl methyl sites for hydroxylation is 2. The van der Waals surface area contributed by atoms with Crippen LogP contribution in [0.3, 0.4) is 0 Å². The van der Waals surface area contributed by atoms with Gasteiger partial charge in [-0.05, 0) is 44.4 Å². The summed E-state index contributed by atoms with van der Waals surface area (Å²) in [5.74, 6) is -0.0597. The Bertz CT molecular complexity index is 731.